The maximum absolute atomic E-state index is 11.4. The van der Waals surface area contributed by atoms with E-state index in [9.17, 15) is 4.79 Å². The van der Waals surface area contributed by atoms with Gasteiger partial charge in [0, 0.05) is 5.69 Å². The number of Topliss-reactive ketones (excluding diaryl/α,β-unsaturated/α-hetero) is 1. The molecular weight excluding hydrogens is 216 g/mol. The molecule has 5 nitrogen and oxygen atoms in total. The van der Waals surface area contributed by atoms with Gasteiger partial charge in [-0.2, -0.15) is 5.26 Å². The topological polar surface area (TPSA) is 71.6 Å². The zero-order valence-corrected chi connectivity index (χ0v) is 9.24. The maximum Gasteiger partial charge on any atom is 0.164 e. The van der Waals surface area contributed by atoms with E-state index in [1.54, 1.807) is 4.57 Å². The van der Waals surface area contributed by atoms with Crippen LogP contribution >= 0.6 is 0 Å². The van der Waals surface area contributed by atoms with Crippen LogP contribution in [-0.4, -0.2) is 20.5 Å². The van der Waals surface area contributed by atoms with E-state index in [1.165, 1.54) is 13.3 Å². The van der Waals surface area contributed by atoms with Gasteiger partial charge < -0.3 is 0 Å². The third kappa shape index (κ3) is 2.06. The molecule has 0 aliphatic rings. The lowest BCUT2D eigenvalue weighted by molar-refractivity contribution is -0.117. The molecule has 0 aliphatic heterocycles. The van der Waals surface area contributed by atoms with E-state index < -0.39 is 5.92 Å². The van der Waals surface area contributed by atoms with Gasteiger partial charge in [-0.1, -0.05) is 18.2 Å². The second kappa shape index (κ2) is 4.58. The molecule has 1 aromatic carbocycles. The van der Waals surface area contributed by atoms with Crippen molar-refractivity contribution in [3.05, 3.63) is 42.5 Å². The Morgan fingerprint density at radius 2 is 2.12 bits per heavy atom. The lowest BCUT2D eigenvalue weighted by Gasteiger charge is -2.08. The molecule has 1 aromatic heterocycles. The first kappa shape index (κ1) is 11.0. The molecule has 0 saturated carbocycles. The molecule has 0 N–H and O–H groups in total. The van der Waals surface area contributed by atoms with Crippen molar-refractivity contribution in [2.45, 2.75) is 12.8 Å². The molecule has 1 heterocycles. The second-order valence-corrected chi connectivity index (χ2v) is 3.57. The van der Waals surface area contributed by atoms with Crippen molar-refractivity contribution in [1.29, 1.82) is 5.26 Å². The van der Waals surface area contributed by atoms with Gasteiger partial charge in [0.05, 0.1) is 6.07 Å². The van der Waals surface area contributed by atoms with Crippen molar-refractivity contribution in [1.82, 2.24) is 14.8 Å². The molecule has 5 heteroatoms. The number of benzene rings is 1. The predicted octanol–water partition coefficient (Wildman–Crippen LogP) is 1.46. The van der Waals surface area contributed by atoms with Gasteiger partial charge in [0.2, 0.25) is 0 Å². The van der Waals surface area contributed by atoms with E-state index in [2.05, 4.69) is 10.2 Å². The zero-order chi connectivity index (χ0) is 12.3. The highest BCUT2D eigenvalue weighted by Crippen LogP contribution is 2.17. The summed E-state index contributed by atoms with van der Waals surface area (Å²) >= 11 is 0. The Hall–Kier alpha value is -2.48. The summed E-state index contributed by atoms with van der Waals surface area (Å²) in [6.45, 7) is 1.37. The average molecular weight is 226 g/mol. The molecule has 84 valence electrons. The normalized spacial score (nSPS) is 11.8. The van der Waals surface area contributed by atoms with Gasteiger partial charge in [-0.15, -0.1) is 10.2 Å². The van der Waals surface area contributed by atoms with Crippen molar-refractivity contribution < 1.29 is 4.79 Å². The van der Waals surface area contributed by atoms with Gasteiger partial charge in [0.15, 0.2) is 17.5 Å². The summed E-state index contributed by atoms with van der Waals surface area (Å²) in [5.74, 6) is -0.762. The fraction of sp³-hybridized carbons (Fsp3) is 0.167. The fourth-order valence-corrected chi connectivity index (χ4v) is 1.56. The van der Waals surface area contributed by atoms with Crippen LogP contribution in [0.15, 0.2) is 36.7 Å². The van der Waals surface area contributed by atoms with E-state index in [1.807, 2.05) is 36.4 Å². The van der Waals surface area contributed by atoms with Crippen molar-refractivity contribution in [2.24, 2.45) is 0 Å². The summed E-state index contributed by atoms with van der Waals surface area (Å²) in [4.78, 5) is 11.4. The Labute approximate surface area is 98.3 Å². The molecule has 0 bridgehead atoms. The molecule has 0 saturated heterocycles. The van der Waals surface area contributed by atoms with Gasteiger partial charge in [-0.3, -0.25) is 9.36 Å². The van der Waals surface area contributed by atoms with Gasteiger partial charge in [-0.25, -0.2) is 0 Å². The van der Waals surface area contributed by atoms with Gasteiger partial charge in [-0.05, 0) is 19.1 Å². The third-order valence-electron chi connectivity index (χ3n) is 2.40. The Morgan fingerprint density at radius 1 is 1.41 bits per heavy atom. The lowest BCUT2D eigenvalue weighted by Crippen LogP contribution is -2.12. The molecule has 0 spiro atoms. The number of nitrogens with zero attached hydrogens (tertiary/aromatic N) is 4. The van der Waals surface area contributed by atoms with Crippen LogP contribution < -0.4 is 0 Å². The average Bonchev–Trinajstić information content (AvgIpc) is 2.80. The highest BCUT2D eigenvalue weighted by molar-refractivity contribution is 5.85. The molecule has 1 atom stereocenters. The first-order chi connectivity index (χ1) is 8.24. The number of rotatable bonds is 3. The largest absolute Gasteiger partial charge is 0.298 e. The first-order valence-electron chi connectivity index (χ1n) is 5.09. The molecule has 0 radical (unpaired) electrons. The van der Waals surface area contributed by atoms with Crippen molar-refractivity contribution in [3.8, 4) is 11.8 Å². The fourth-order valence-electron chi connectivity index (χ4n) is 1.56. The van der Waals surface area contributed by atoms with Crippen molar-refractivity contribution >= 4 is 5.78 Å². The Balaban J connectivity index is 2.49. The van der Waals surface area contributed by atoms with Crippen LogP contribution in [-0.2, 0) is 4.79 Å². The Bertz CT molecular complexity index is 568. The Morgan fingerprint density at radius 3 is 2.71 bits per heavy atom. The minimum Gasteiger partial charge on any atom is -0.298 e. The SMILES string of the molecule is CC(=O)[C@H](C#N)c1nncn1-c1ccccc1. The number of aromatic nitrogens is 3. The summed E-state index contributed by atoms with van der Waals surface area (Å²) in [5.41, 5.74) is 0.828. The number of nitriles is 1. The highest BCUT2D eigenvalue weighted by atomic mass is 16.1. The van der Waals surface area contributed by atoms with Gasteiger partial charge in [0.1, 0.15) is 6.33 Å². The molecule has 0 unspecified atom stereocenters. The van der Waals surface area contributed by atoms with E-state index >= 15 is 0 Å². The second-order valence-electron chi connectivity index (χ2n) is 3.57. The standard InChI is InChI=1S/C12H10N4O/c1-9(17)11(7-13)12-15-14-8-16(12)10-5-3-2-4-6-10/h2-6,8,11H,1H3/t11-/m0/s1. The first-order valence-corrected chi connectivity index (χ1v) is 5.09. The molecule has 0 aliphatic carbocycles. The summed E-state index contributed by atoms with van der Waals surface area (Å²) in [7, 11) is 0. The molecule has 0 fully saturated rings. The number of carbonyl (C=O) groups is 1. The Kier molecular flexibility index (Phi) is 2.97. The smallest absolute Gasteiger partial charge is 0.164 e. The third-order valence-corrected chi connectivity index (χ3v) is 2.40. The van der Waals surface area contributed by atoms with E-state index in [0.717, 1.165) is 5.69 Å². The van der Waals surface area contributed by atoms with Crippen LogP contribution in [0, 0.1) is 11.3 Å². The molecule has 2 aromatic rings. The molecule has 17 heavy (non-hydrogen) atoms. The van der Waals surface area contributed by atoms with Crippen LogP contribution in [0.4, 0.5) is 0 Å². The highest BCUT2D eigenvalue weighted by Gasteiger charge is 2.22. The van der Waals surface area contributed by atoms with E-state index in [-0.39, 0.29) is 5.78 Å². The lowest BCUT2D eigenvalue weighted by atomic mass is 10.1. The molecule has 2 rings (SSSR count). The summed E-state index contributed by atoms with van der Waals surface area (Å²) < 4.78 is 1.65. The minimum absolute atomic E-state index is 0.238. The van der Waals surface area contributed by atoms with E-state index in [0.29, 0.717) is 5.82 Å². The predicted molar refractivity (Wildman–Crippen MR) is 60.4 cm³/mol. The summed E-state index contributed by atoms with van der Waals surface area (Å²) in [5, 5.41) is 16.6. The quantitative estimate of drug-likeness (QED) is 0.794. The van der Waals surface area contributed by atoms with E-state index in [4.69, 9.17) is 5.26 Å². The number of hydrogen-bond acceptors (Lipinski definition) is 4. The zero-order valence-electron chi connectivity index (χ0n) is 9.24. The van der Waals surface area contributed by atoms with Gasteiger partial charge in [0.25, 0.3) is 0 Å². The van der Waals surface area contributed by atoms with Gasteiger partial charge >= 0.3 is 0 Å². The summed E-state index contributed by atoms with van der Waals surface area (Å²) in [6.07, 6.45) is 1.50. The van der Waals surface area contributed by atoms with Crippen LogP contribution in [0.5, 0.6) is 0 Å². The molecule has 0 amide bonds. The number of para-hydroxylation sites is 1. The van der Waals surface area contributed by atoms with Crippen LogP contribution in [0.25, 0.3) is 5.69 Å². The minimum atomic E-state index is -0.877. The van der Waals surface area contributed by atoms with Crippen molar-refractivity contribution in [2.75, 3.05) is 0 Å². The molecular formula is C12H10N4O. The number of hydrogen-bond donors (Lipinski definition) is 0. The van der Waals surface area contributed by atoms with Crippen molar-refractivity contribution in [3.63, 3.8) is 0 Å². The number of ketones is 1. The van der Waals surface area contributed by atoms with Crippen LogP contribution in [0.3, 0.4) is 0 Å². The summed E-state index contributed by atoms with van der Waals surface area (Å²) in [6, 6.07) is 11.3. The maximum atomic E-state index is 11.4. The van der Waals surface area contributed by atoms with Crippen LogP contribution in [0.1, 0.15) is 18.7 Å². The van der Waals surface area contributed by atoms with Crippen LogP contribution in [0.2, 0.25) is 0 Å². The monoisotopic (exact) mass is 226 g/mol. The number of carbonyl (C=O) groups excluding carboxylic acids is 1.